The molecule has 34 heavy (non-hydrogen) atoms. The number of benzene rings is 1. The zero-order chi connectivity index (χ0) is 24.1. The lowest BCUT2D eigenvalue weighted by Crippen LogP contribution is -2.40. The number of nitrogens with zero attached hydrogens (tertiary/aromatic N) is 6. The Morgan fingerprint density at radius 2 is 2.06 bits per heavy atom. The number of ether oxygens (including phenoxy) is 2. The molecule has 0 spiro atoms. The molecule has 3 heterocycles. The molecule has 0 aliphatic carbocycles. The van der Waals surface area contributed by atoms with Crippen molar-refractivity contribution in [1.29, 1.82) is 5.26 Å². The van der Waals surface area contributed by atoms with Crippen LogP contribution < -0.4 is 5.32 Å². The van der Waals surface area contributed by atoms with Crippen molar-refractivity contribution in [2.24, 2.45) is 0 Å². The average molecular weight is 462 g/mol. The lowest BCUT2D eigenvalue weighted by molar-refractivity contribution is 0.0302. The maximum Gasteiger partial charge on any atom is 0.255 e. The first-order valence-electron chi connectivity index (χ1n) is 11.1. The molecule has 0 unspecified atom stereocenters. The van der Waals surface area contributed by atoms with E-state index in [0.29, 0.717) is 61.4 Å². The summed E-state index contributed by atoms with van der Waals surface area (Å²) >= 11 is 0. The van der Waals surface area contributed by atoms with Crippen molar-refractivity contribution in [3.63, 3.8) is 0 Å². The number of carbonyl (C=O) groups is 1. The van der Waals surface area contributed by atoms with Gasteiger partial charge in [0.05, 0.1) is 41.9 Å². The minimum absolute atomic E-state index is 0.168. The topological polar surface area (TPSA) is 118 Å². The Balaban J connectivity index is 1.58. The standard InChI is InChI=1S/C24H27N7O3/c1-16(2)31-21(14-27-22(31)15-33-3)20-6-7-26-24(29-20)28-18-4-5-19(17(12-18)13-25)23(32)30-8-10-34-11-9-30/h4-7,12,14,16H,8-11,15H2,1-3H3,(H,26,28,29). The summed E-state index contributed by atoms with van der Waals surface area (Å²) in [7, 11) is 1.64. The second-order valence-corrected chi connectivity index (χ2v) is 8.12. The lowest BCUT2D eigenvalue weighted by atomic mass is 10.1. The molecule has 4 rings (SSSR count). The highest BCUT2D eigenvalue weighted by atomic mass is 16.5. The van der Waals surface area contributed by atoms with Gasteiger partial charge in [-0.1, -0.05) is 0 Å². The molecular formula is C24H27N7O3. The number of methoxy groups -OCH3 is 1. The number of aromatic nitrogens is 4. The molecule has 0 saturated carbocycles. The quantitative estimate of drug-likeness (QED) is 0.570. The van der Waals surface area contributed by atoms with Gasteiger partial charge in [0.2, 0.25) is 5.95 Å². The Morgan fingerprint density at radius 1 is 1.26 bits per heavy atom. The summed E-state index contributed by atoms with van der Waals surface area (Å²) in [5, 5.41) is 12.8. The van der Waals surface area contributed by atoms with Crippen molar-refractivity contribution in [2.75, 3.05) is 38.7 Å². The van der Waals surface area contributed by atoms with Crippen molar-refractivity contribution in [3.05, 3.63) is 53.6 Å². The first-order chi connectivity index (χ1) is 16.5. The normalized spacial score (nSPS) is 13.7. The zero-order valence-corrected chi connectivity index (χ0v) is 19.5. The average Bonchev–Trinajstić information content (AvgIpc) is 3.28. The van der Waals surface area contributed by atoms with Gasteiger partial charge in [0, 0.05) is 38.1 Å². The molecule has 1 aliphatic heterocycles. The highest BCUT2D eigenvalue weighted by molar-refractivity contribution is 5.97. The molecule has 1 aromatic carbocycles. The van der Waals surface area contributed by atoms with Gasteiger partial charge in [-0.25, -0.2) is 15.0 Å². The predicted octanol–water partition coefficient (Wildman–Crippen LogP) is 3.16. The summed E-state index contributed by atoms with van der Waals surface area (Å²) in [4.78, 5) is 28.0. The Morgan fingerprint density at radius 3 is 2.76 bits per heavy atom. The van der Waals surface area contributed by atoms with Gasteiger partial charge in [-0.05, 0) is 38.1 Å². The van der Waals surface area contributed by atoms with E-state index >= 15 is 0 Å². The van der Waals surface area contributed by atoms with Gasteiger partial charge in [0.25, 0.3) is 5.91 Å². The number of carbonyl (C=O) groups excluding carboxylic acids is 1. The van der Waals surface area contributed by atoms with Crippen LogP contribution in [0.4, 0.5) is 11.6 Å². The maximum absolute atomic E-state index is 12.8. The molecular weight excluding hydrogens is 434 g/mol. The van der Waals surface area contributed by atoms with Crippen LogP contribution >= 0.6 is 0 Å². The van der Waals surface area contributed by atoms with Crippen molar-refractivity contribution < 1.29 is 14.3 Å². The van der Waals surface area contributed by atoms with Crippen molar-refractivity contribution in [1.82, 2.24) is 24.4 Å². The number of nitrogens with one attached hydrogen (secondary N) is 1. The van der Waals surface area contributed by atoms with Gasteiger partial charge in [-0.15, -0.1) is 0 Å². The number of amides is 1. The molecule has 1 fully saturated rings. The fraction of sp³-hybridized carbons (Fsp3) is 0.375. The van der Waals surface area contributed by atoms with Crippen molar-refractivity contribution >= 4 is 17.5 Å². The summed E-state index contributed by atoms with van der Waals surface area (Å²) in [6, 6.07) is 9.17. The number of hydrogen-bond acceptors (Lipinski definition) is 8. The van der Waals surface area contributed by atoms with Gasteiger partial charge < -0.3 is 24.3 Å². The molecule has 176 valence electrons. The second-order valence-electron chi connectivity index (χ2n) is 8.12. The number of nitriles is 1. The summed E-state index contributed by atoms with van der Waals surface area (Å²) in [5.74, 6) is 1.02. The fourth-order valence-electron chi connectivity index (χ4n) is 3.93. The largest absolute Gasteiger partial charge is 0.378 e. The number of rotatable bonds is 7. The van der Waals surface area contributed by atoms with E-state index in [4.69, 9.17) is 9.47 Å². The Bertz CT molecular complexity index is 1210. The Labute approximate surface area is 198 Å². The van der Waals surface area contributed by atoms with E-state index < -0.39 is 0 Å². The van der Waals surface area contributed by atoms with Crippen LogP contribution in [-0.4, -0.2) is 63.7 Å². The van der Waals surface area contributed by atoms with Crippen LogP contribution in [-0.2, 0) is 16.1 Å². The van der Waals surface area contributed by atoms with Crippen LogP contribution in [0.15, 0.2) is 36.7 Å². The first kappa shape index (κ1) is 23.4. The maximum atomic E-state index is 12.8. The van der Waals surface area contributed by atoms with Gasteiger partial charge in [-0.2, -0.15) is 5.26 Å². The Hall–Kier alpha value is -3.81. The predicted molar refractivity (Wildman–Crippen MR) is 126 cm³/mol. The highest BCUT2D eigenvalue weighted by Gasteiger charge is 2.21. The summed E-state index contributed by atoms with van der Waals surface area (Å²) in [6.45, 7) is 6.60. The molecule has 0 bridgehead atoms. The van der Waals surface area contributed by atoms with Gasteiger partial charge >= 0.3 is 0 Å². The number of imidazole rings is 1. The van der Waals surface area contributed by atoms with E-state index in [1.807, 2.05) is 6.07 Å². The van der Waals surface area contributed by atoms with Crippen LogP contribution in [0.3, 0.4) is 0 Å². The molecule has 0 radical (unpaired) electrons. The Kier molecular flexibility index (Phi) is 7.15. The number of hydrogen-bond donors (Lipinski definition) is 1. The minimum atomic E-state index is -0.168. The van der Waals surface area contributed by atoms with Crippen LogP contribution in [0.25, 0.3) is 11.4 Å². The van der Waals surface area contributed by atoms with E-state index in [1.165, 1.54) is 0 Å². The van der Waals surface area contributed by atoms with Gasteiger partial charge in [-0.3, -0.25) is 4.79 Å². The summed E-state index contributed by atoms with van der Waals surface area (Å²) in [6.07, 6.45) is 3.44. The van der Waals surface area contributed by atoms with Crippen LogP contribution in [0.2, 0.25) is 0 Å². The molecule has 10 heteroatoms. The van der Waals surface area contributed by atoms with Crippen molar-refractivity contribution in [3.8, 4) is 17.5 Å². The molecule has 1 amide bonds. The molecule has 0 atom stereocenters. The number of anilines is 2. The SMILES string of the molecule is COCc1ncc(-c2ccnc(Nc3ccc(C(=O)N4CCOCC4)c(C#N)c3)n2)n1C(C)C. The third kappa shape index (κ3) is 4.90. The molecule has 2 aromatic heterocycles. The van der Waals surface area contributed by atoms with E-state index in [-0.39, 0.29) is 11.9 Å². The number of morpholine rings is 1. The fourth-order valence-corrected chi connectivity index (χ4v) is 3.93. The third-order valence-corrected chi connectivity index (χ3v) is 5.51. The lowest BCUT2D eigenvalue weighted by Gasteiger charge is -2.27. The van der Waals surface area contributed by atoms with Crippen LogP contribution in [0, 0.1) is 11.3 Å². The molecule has 1 saturated heterocycles. The second kappa shape index (κ2) is 10.4. The van der Waals surface area contributed by atoms with E-state index in [9.17, 15) is 10.1 Å². The zero-order valence-electron chi connectivity index (χ0n) is 19.5. The summed E-state index contributed by atoms with van der Waals surface area (Å²) in [5.41, 5.74) is 2.85. The minimum Gasteiger partial charge on any atom is -0.378 e. The van der Waals surface area contributed by atoms with Gasteiger partial charge in [0.15, 0.2) is 0 Å². The van der Waals surface area contributed by atoms with E-state index in [2.05, 4.69) is 44.8 Å². The first-order valence-corrected chi connectivity index (χ1v) is 11.1. The molecule has 10 nitrogen and oxygen atoms in total. The molecule has 3 aromatic rings. The highest BCUT2D eigenvalue weighted by Crippen LogP contribution is 2.25. The van der Waals surface area contributed by atoms with E-state index in [1.54, 1.807) is 42.6 Å². The third-order valence-electron chi connectivity index (χ3n) is 5.51. The summed E-state index contributed by atoms with van der Waals surface area (Å²) < 4.78 is 12.7. The smallest absolute Gasteiger partial charge is 0.255 e. The monoisotopic (exact) mass is 461 g/mol. The van der Waals surface area contributed by atoms with Crippen molar-refractivity contribution in [2.45, 2.75) is 26.5 Å². The molecule has 1 aliphatic rings. The van der Waals surface area contributed by atoms with Crippen LogP contribution in [0.1, 0.15) is 41.6 Å². The van der Waals surface area contributed by atoms with Crippen LogP contribution in [0.5, 0.6) is 0 Å². The molecule has 1 N–H and O–H groups in total. The van der Waals surface area contributed by atoms with Gasteiger partial charge in [0.1, 0.15) is 18.5 Å². The van der Waals surface area contributed by atoms with E-state index in [0.717, 1.165) is 11.5 Å².